The van der Waals surface area contributed by atoms with E-state index in [0.717, 1.165) is 11.3 Å². The zero-order chi connectivity index (χ0) is 20.6. The Morgan fingerprint density at radius 3 is 2.45 bits per heavy atom. The summed E-state index contributed by atoms with van der Waals surface area (Å²) >= 11 is 2.32. The highest BCUT2D eigenvalue weighted by atomic mass is 32.1. The van der Waals surface area contributed by atoms with Crippen molar-refractivity contribution in [3.8, 4) is 0 Å². The second-order valence-electron chi connectivity index (χ2n) is 5.56. The number of carbonyl (C=O) groups is 3. The fourth-order valence-corrected chi connectivity index (χ4v) is 3.57. The minimum Gasteiger partial charge on any atom is -0.466 e. The van der Waals surface area contributed by atoms with Gasteiger partial charge in [0.05, 0.1) is 18.7 Å². The number of ether oxygens (including phenoxy) is 1. The first-order valence-corrected chi connectivity index (χ1v) is 10.3. The summed E-state index contributed by atoms with van der Waals surface area (Å²) in [5, 5.41) is 11.7. The lowest BCUT2D eigenvalue weighted by Crippen LogP contribution is -2.19. The average Bonchev–Trinajstić information content (AvgIpc) is 3.32. The van der Waals surface area contributed by atoms with E-state index in [2.05, 4.69) is 25.9 Å². The number of amides is 3. The fraction of sp³-hybridized carbons (Fsp3) is 0.167. The van der Waals surface area contributed by atoms with E-state index in [9.17, 15) is 14.4 Å². The lowest BCUT2D eigenvalue weighted by Gasteiger charge is -2.04. The molecule has 29 heavy (non-hydrogen) atoms. The zero-order valence-electron chi connectivity index (χ0n) is 15.3. The minimum absolute atomic E-state index is 0.0432. The molecule has 0 aliphatic heterocycles. The quantitative estimate of drug-likeness (QED) is 0.491. The number of hydrogen-bond acceptors (Lipinski definition) is 8. The van der Waals surface area contributed by atoms with Crippen LogP contribution in [0.4, 0.5) is 20.7 Å². The van der Waals surface area contributed by atoms with Crippen molar-refractivity contribution in [2.75, 3.05) is 22.6 Å². The lowest BCUT2D eigenvalue weighted by molar-refractivity contribution is -0.142. The van der Waals surface area contributed by atoms with Crippen LogP contribution >= 0.6 is 22.7 Å². The molecule has 0 unspecified atom stereocenters. The number of para-hydroxylation sites is 1. The molecule has 9 nitrogen and oxygen atoms in total. The Bertz CT molecular complexity index is 1000. The van der Waals surface area contributed by atoms with Gasteiger partial charge in [-0.05, 0) is 19.1 Å². The third-order valence-corrected chi connectivity index (χ3v) is 4.96. The summed E-state index contributed by atoms with van der Waals surface area (Å²) in [7, 11) is 0. The summed E-state index contributed by atoms with van der Waals surface area (Å²) < 4.78 is 4.87. The Labute approximate surface area is 174 Å². The van der Waals surface area contributed by atoms with Gasteiger partial charge >= 0.3 is 12.0 Å². The topological polar surface area (TPSA) is 122 Å². The van der Waals surface area contributed by atoms with Gasteiger partial charge in [-0.15, -0.1) is 22.7 Å². The standard InChI is InChI=1S/C18H17N5O4S2/c1-2-27-14(24)8-12-9-28-17(20-12)22-15(25)13-10-29-18(21-13)23-16(26)19-11-6-4-3-5-7-11/h3-7,9-10H,2,8H2,1H3,(H,20,22,25)(H2,19,21,23,26). The lowest BCUT2D eigenvalue weighted by atomic mass is 10.3. The van der Waals surface area contributed by atoms with Crippen LogP contribution in [0.5, 0.6) is 0 Å². The summed E-state index contributed by atoms with van der Waals surface area (Å²) in [5.41, 5.74) is 1.30. The largest absolute Gasteiger partial charge is 0.466 e. The van der Waals surface area contributed by atoms with Gasteiger partial charge in [0.1, 0.15) is 5.69 Å². The number of thiazole rings is 2. The van der Waals surface area contributed by atoms with E-state index < -0.39 is 11.9 Å². The highest BCUT2D eigenvalue weighted by Gasteiger charge is 2.15. The van der Waals surface area contributed by atoms with Gasteiger partial charge < -0.3 is 10.1 Å². The smallest absolute Gasteiger partial charge is 0.325 e. The van der Waals surface area contributed by atoms with Crippen LogP contribution in [-0.2, 0) is 16.0 Å². The number of rotatable bonds is 7. The van der Waals surface area contributed by atoms with Crippen molar-refractivity contribution in [1.82, 2.24) is 9.97 Å². The van der Waals surface area contributed by atoms with Gasteiger partial charge in [0.25, 0.3) is 5.91 Å². The van der Waals surface area contributed by atoms with Crippen LogP contribution in [0.2, 0.25) is 0 Å². The van der Waals surface area contributed by atoms with E-state index in [0.29, 0.717) is 23.1 Å². The molecule has 3 amide bonds. The van der Waals surface area contributed by atoms with E-state index >= 15 is 0 Å². The van der Waals surface area contributed by atoms with Crippen LogP contribution < -0.4 is 16.0 Å². The molecule has 0 atom stereocenters. The number of urea groups is 1. The van der Waals surface area contributed by atoms with Gasteiger partial charge in [-0.1, -0.05) is 18.2 Å². The Morgan fingerprint density at radius 2 is 1.69 bits per heavy atom. The van der Waals surface area contributed by atoms with Gasteiger partial charge in [0.2, 0.25) is 0 Å². The van der Waals surface area contributed by atoms with E-state index in [1.165, 1.54) is 16.7 Å². The predicted octanol–water partition coefficient (Wildman–Crippen LogP) is 3.60. The number of hydrogen-bond donors (Lipinski definition) is 3. The number of nitrogens with zero attached hydrogens (tertiary/aromatic N) is 2. The molecule has 0 saturated carbocycles. The van der Waals surface area contributed by atoms with Crippen LogP contribution in [0.3, 0.4) is 0 Å². The first kappa shape index (κ1) is 20.4. The van der Waals surface area contributed by atoms with Gasteiger partial charge in [0, 0.05) is 16.4 Å². The maximum absolute atomic E-state index is 12.3. The first-order chi connectivity index (χ1) is 14.0. The molecule has 3 N–H and O–H groups in total. The molecule has 2 heterocycles. The van der Waals surface area contributed by atoms with Crippen LogP contribution in [0.25, 0.3) is 0 Å². The van der Waals surface area contributed by atoms with Gasteiger partial charge in [0.15, 0.2) is 10.3 Å². The normalized spacial score (nSPS) is 10.2. The van der Waals surface area contributed by atoms with Gasteiger partial charge in [-0.25, -0.2) is 14.8 Å². The SMILES string of the molecule is CCOC(=O)Cc1csc(NC(=O)c2csc(NC(=O)Nc3ccccc3)n2)n1. The zero-order valence-corrected chi connectivity index (χ0v) is 16.9. The van der Waals surface area contributed by atoms with Crippen molar-refractivity contribution in [3.05, 3.63) is 52.5 Å². The third kappa shape index (κ3) is 6.09. The van der Waals surface area contributed by atoms with Crippen LogP contribution in [-0.4, -0.2) is 34.5 Å². The minimum atomic E-state index is -0.463. The number of aromatic nitrogens is 2. The number of esters is 1. The molecule has 0 bridgehead atoms. The van der Waals surface area contributed by atoms with Crippen molar-refractivity contribution in [2.45, 2.75) is 13.3 Å². The van der Waals surface area contributed by atoms with E-state index in [-0.39, 0.29) is 23.2 Å². The summed E-state index contributed by atoms with van der Waals surface area (Å²) in [6.45, 7) is 2.03. The average molecular weight is 431 g/mol. The molecule has 1 aromatic carbocycles. The second-order valence-corrected chi connectivity index (χ2v) is 7.28. The van der Waals surface area contributed by atoms with E-state index in [1.54, 1.807) is 36.6 Å². The number of benzene rings is 1. The monoisotopic (exact) mass is 431 g/mol. The molecule has 150 valence electrons. The predicted molar refractivity (Wildman–Crippen MR) is 112 cm³/mol. The molecule has 0 fully saturated rings. The molecule has 3 rings (SSSR count). The second kappa shape index (κ2) is 9.75. The first-order valence-electron chi connectivity index (χ1n) is 8.53. The highest BCUT2D eigenvalue weighted by molar-refractivity contribution is 7.14. The molecule has 0 saturated heterocycles. The number of nitrogens with one attached hydrogen (secondary N) is 3. The molecule has 0 aliphatic rings. The van der Waals surface area contributed by atoms with Gasteiger partial charge in [-0.3, -0.25) is 20.2 Å². The molecule has 11 heteroatoms. The Kier molecular flexibility index (Phi) is 6.87. The molecule has 0 spiro atoms. The third-order valence-electron chi connectivity index (χ3n) is 3.39. The fourth-order valence-electron chi connectivity index (χ4n) is 2.18. The van der Waals surface area contributed by atoms with Crippen molar-refractivity contribution < 1.29 is 19.1 Å². The Morgan fingerprint density at radius 1 is 0.966 bits per heavy atom. The number of carbonyl (C=O) groups excluding carboxylic acids is 3. The van der Waals surface area contributed by atoms with Crippen LogP contribution in [0.1, 0.15) is 23.1 Å². The molecule has 0 radical (unpaired) electrons. The van der Waals surface area contributed by atoms with Crippen molar-refractivity contribution in [3.63, 3.8) is 0 Å². The van der Waals surface area contributed by atoms with Crippen LogP contribution in [0.15, 0.2) is 41.1 Å². The summed E-state index contributed by atoms with van der Waals surface area (Å²) in [6.07, 6.45) is 0.0432. The van der Waals surface area contributed by atoms with Crippen LogP contribution in [0, 0.1) is 0 Å². The van der Waals surface area contributed by atoms with Crippen molar-refractivity contribution in [1.29, 1.82) is 0 Å². The maximum atomic E-state index is 12.3. The Hall–Kier alpha value is -3.31. The molecular weight excluding hydrogens is 414 g/mol. The summed E-state index contributed by atoms with van der Waals surface area (Å²) in [4.78, 5) is 44.1. The van der Waals surface area contributed by atoms with Gasteiger partial charge in [-0.2, -0.15) is 0 Å². The van der Waals surface area contributed by atoms with Crippen molar-refractivity contribution in [2.24, 2.45) is 0 Å². The summed E-state index contributed by atoms with van der Waals surface area (Å²) in [6, 6.07) is 8.50. The molecule has 2 aromatic heterocycles. The molecular formula is C18H17N5O4S2. The molecule has 3 aromatic rings. The maximum Gasteiger partial charge on any atom is 0.325 e. The Balaban J connectivity index is 1.53. The van der Waals surface area contributed by atoms with E-state index in [1.807, 2.05) is 6.07 Å². The van der Waals surface area contributed by atoms with Crippen molar-refractivity contribution >= 4 is 56.5 Å². The summed E-state index contributed by atoms with van der Waals surface area (Å²) in [5.74, 6) is -0.838. The van der Waals surface area contributed by atoms with E-state index in [4.69, 9.17) is 4.74 Å². The molecule has 0 aliphatic carbocycles. The number of anilines is 3. The highest BCUT2D eigenvalue weighted by Crippen LogP contribution is 2.20.